The summed E-state index contributed by atoms with van der Waals surface area (Å²) in [5.41, 5.74) is 0. The Balaban J connectivity index is 3.27. The lowest BCUT2D eigenvalue weighted by Gasteiger charge is -2.10. The van der Waals surface area contributed by atoms with Crippen molar-refractivity contribution in [2.45, 2.75) is 18.9 Å². The van der Waals surface area contributed by atoms with Crippen molar-refractivity contribution < 1.29 is 27.4 Å². The number of hydrogen-bond acceptors (Lipinski definition) is 7. The molecule has 0 heterocycles. The largest absolute Gasteiger partial charge is 0.748 e. The average Bonchev–Trinajstić information content (AvgIpc) is 1.98. The van der Waals surface area contributed by atoms with E-state index < -0.39 is 24.7 Å². The predicted octanol–water partition coefficient (Wildman–Crippen LogP) is -2.18. The summed E-state index contributed by atoms with van der Waals surface area (Å²) in [5, 5.41) is 2.82. The SMILES string of the molecule is O=S(=O)([O-])CCCNCCC[Si](O)(O)O. The zero-order chi connectivity index (χ0) is 11.9. The van der Waals surface area contributed by atoms with E-state index in [0.717, 1.165) is 0 Å². The minimum Gasteiger partial charge on any atom is -0.748 e. The summed E-state index contributed by atoms with van der Waals surface area (Å²) in [4.78, 5) is 25.9. The van der Waals surface area contributed by atoms with Gasteiger partial charge in [0.15, 0.2) is 0 Å². The van der Waals surface area contributed by atoms with Crippen molar-refractivity contribution in [2.24, 2.45) is 0 Å². The van der Waals surface area contributed by atoms with Crippen molar-refractivity contribution in [1.82, 2.24) is 5.32 Å². The van der Waals surface area contributed by atoms with Gasteiger partial charge in [-0.2, -0.15) is 0 Å². The van der Waals surface area contributed by atoms with E-state index in [4.69, 9.17) is 14.4 Å². The second kappa shape index (κ2) is 6.53. The van der Waals surface area contributed by atoms with Crippen LogP contribution in [0.3, 0.4) is 0 Å². The van der Waals surface area contributed by atoms with Gasteiger partial charge in [-0.1, -0.05) is 0 Å². The standard InChI is InChI=1S/C6H17NO6SSi/c8-14(9,10)5-1-3-7-4-2-6-15(11,12)13/h7,11-13H,1-6H2,(H,8,9,10)/p-1. The van der Waals surface area contributed by atoms with Crippen LogP contribution in [-0.4, -0.2) is 55.0 Å². The van der Waals surface area contributed by atoms with E-state index in [1.165, 1.54) is 0 Å². The van der Waals surface area contributed by atoms with Gasteiger partial charge in [0.05, 0.1) is 10.1 Å². The molecule has 0 spiro atoms. The van der Waals surface area contributed by atoms with Crippen molar-refractivity contribution in [3.63, 3.8) is 0 Å². The maximum atomic E-state index is 10.2. The first-order valence-corrected chi connectivity index (χ1v) is 8.15. The fourth-order valence-corrected chi connectivity index (χ4v) is 2.10. The molecule has 0 aliphatic carbocycles. The highest BCUT2D eigenvalue weighted by Crippen LogP contribution is 1.99. The quantitative estimate of drug-likeness (QED) is 0.221. The molecule has 0 amide bonds. The first-order chi connectivity index (χ1) is 6.71. The Morgan fingerprint density at radius 3 is 2.13 bits per heavy atom. The van der Waals surface area contributed by atoms with Crippen LogP contribution in [0, 0.1) is 0 Å². The van der Waals surface area contributed by atoms with Crippen LogP contribution in [0.2, 0.25) is 6.04 Å². The first-order valence-electron chi connectivity index (χ1n) is 4.52. The Labute approximate surface area is 89.9 Å². The highest BCUT2D eigenvalue weighted by Gasteiger charge is 2.25. The second-order valence-electron chi connectivity index (χ2n) is 3.24. The smallest absolute Gasteiger partial charge is 0.492 e. The molecule has 0 radical (unpaired) electrons. The third-order valence-corrected chi connectivity index (χ3v) is 3.43. The van der Waals surface area contributed by atoms with Crippen LogP contribution in [0.25, 0.3) is 0 Å². The van der Waals surface area contributed by atoms with Crippen LogP contribution in [-0.2, 0) is 10.1 Å². The predicted molar refractivity (Wildman–Crippen MR) is 53.9 cm³/mol. The van der Waals surface area contributed by atoms with Gasteiger partial charge in [0.2, 0.25) is 0 Å². The molecule has 9 heteroatoms. The van der Waals surface area contributed by atoms with Gasteiger partial charge in [-0.3, -0.25) is 0 Å². The molecule has 0 bridgehead atoms. The van der Waals surface area contributed by atoms with Gasteiger partial charge in [-0.05, 0) is 25.9 Å². The molecule has 0 saturated carbocycles. The van der Waals surface area contributed by atoms with Gasteiger partial charge in [0.25, 0.3) is 0 Å². The maximum Gasteiger partial charge on any atom is 0.492 e. The minimum atomic E-state index is -4.14. The van der Waals surface area contributed by atoms with Gasteiger partial charge < -0.3 is 24.3 Å². The lowest BCUT2D eigenvalue weighted by Crippen LogP contribution is -2.35. The van der Waals surface area contributed by atoms with E-state index in [1.54, 1.807) is 0 Å². The zero-order valence-electron chi connectivity index (χ0n) is 8.22. The summed E-state index contributed by atoms with van der Waals surface area (Å²) in [6.07, 6.45) is 0.617. The van der Waals surface area contributed by atoms with Crippen LogP contribution in [0.4, 0.5) is 0 Å². The Morgan fingerprint density at radius 1 is 1.13 bits per heavy atom. The normalized spacial score (nSPS) is 13.1. The molecule has 4 N–H and O–H groups in total. The molecule has 0 unspecified atom stereocenters. The molecular weight excluding hydrogens is 242 g/mol. The molecular formula is C6H16NO6SSi-. The summed E-state index contributed by atoms with van der Waals surface area (Å²) in [7, 11) is -8.08. The van der Waals surface area contributed by atoms with Crippen LogP contribution in [0.5, 0.6) is 0 Å². The summed E-state index contributed by atoms with van der Waals surface area (Å²) >= 11 is 0. The topological polar surface area (TPSA) is 130 Å². The van der Waals surface area contributed by atoms with Crippen molar-refractivity contribution in [1.29, 1.82) is 0 Å². The fraction of sp³-hybridized carbons (Fsp3) is 1.00. The molecule has 0 aliphatic rings. The minimum absolute atomic E-state index is 0.0557. The molecule has 0 atom stereocenters. The van der Waals surface area contributed by atoms with Crippen LogP contribution >= 0.6 is 0 Å². The molecule has 92 valence electrons. The Bertz CT molecular complexity index is 261. The summed E-state index contributed by atoms with van der Waals surface area (Å²) < 4.78 is 30.5. The maximum absolute atomic E-state index is 10.2. The van der Waals surface area contributed by atoms with Gasteiger partial charge in [-0.15, -0.1) is 0 Å². The van der Waals surface area contributed by atoms with Gasteiger partial charge >= 0.3 is 8.80 Å². The Morgan fingerprint density at radius 2 is 1.67 bits per heavy atom. The molecule has 0 saturated heterocycles. The van der Waals surface area contributed by atoms with Crippen LogP contribution in [0.15, 0.2) is 0 Å². The summed E-state index contributed by atoms with van der Waals surface area (Å²) in [6.45, 7) is 0.813. The molecule has 0 aromatic heterocycles. The monoisotopic (exact) mass is 258 g/mol. The zero-order valence-corrected chi connectivity index (χ0v) is 10.0. The van der Waals surface area contributed by atoms with Crippen LogP contribution < -0.4 is 5.32 Å². The number of nitrogens with one attached hydrogen (secondary N) is 1. The molecule has 0 aromatic carbocycles. The molecule has 15 heavy (non-hydrogen) atoms. The molecule has 0 aromatic rings. The highest BCUT2D eigenvalue weighted by molar-refractivity contribution is 7.85. The van der Waals surface area contributed by atoms with E-state index in [1.807, 2.05) is 0 Å². The Kier molecular flexibility index (Phi) is 6.51. The van der Waals surface area contributed by atoms with Crippen molar-refractivity contribution in [2.75, 3.05) is 18.8 Å². The van der Waals surface area contributed by atoms with Gasteiger partial charge in [-0.25, -0.2) is 8.42 Å². The van der Waals surface area contributed by atoms with Crippen LogP contribution in [0.1, 0.15) is 12.8 Å². The fourth-order valence-electron chi connectivity index (χ4n) is 0.950. The third-order valence-electron chi connectivity index (χ3n) is 1.61. The Hall–Kier alpha value is -0.0331. The van der Waals surface area contributed by atoms with Crippen molar-refractivity contribution in [3.05, 3.63) is 0 Å². The highest BCUT2D eigenvalue weighted by atomic mass is 32.2. The molecule has 0 rings (SSSR count). The molecule has 0 aliphatic heterocycles. The van der Waals surface area contributed by atoms with E-state index >= 15 is 0 Å². The third kappa shape index (κ3) is 14.0. The average molecular weight is 258 g/mol. The lowest BCUT2D eigenvalue weighted by atomic mass is 10.4. The molecule has 7 nitrogen and oxygen atoms in total. The van der Waals surface area contributed by atoms with E-state index in [0.29, 0.717) is 19.5 Å². The first kappa shape index (κ1) is 15.0. The van der Waals surface area contributed by atoms with E-state index in [9.17, 15) is 13.0 Å². The van der Waals surface area contributed by atoms with Crippen molar-refractivity contribution >= 4 is 18.9 Å². The second-order valence-corrected chi connectivity index (χ2v) is 6.82. The van der Waals surface area contributed by atoms with Gasteiger partial charge in [0.1, 0.15) is 0 Å². The number of hydrogen-bond donors (Lipinski definition) is 4. The lowest BCUT2D eigenvalue weighted by molar-refractivity contribution is 0.226. The van der Waals surface area contributed by atoms with Gasteiger partial charge in [0, 0.05) is 11.8 Å². The van der Waals surface area contributed by atoms with E-state index in [2.05, 4.69) is 5.32 Å². The summed E-state index contributed by atoms with van der Waals surface area (Å²) in [5.74, 6) is -0.404. The summed E-state index contributed by atoms with van der Waals surface area (Å²) in [6, 6.07) is -0.0557. The number of rotatable bonds is 8. The van der Waals surface area contributed by atoms with E-state index in [-0.39, 0.29) is 12.5 Å². The van der Waals surface area contributed by atoms with Crippen molar-refractivity contribution in [3.8, 4) is 0 Å². The molecule has 0 fully saturated rings.